The zero-order valence-electron chi connectivity index (χ0n) is 10.4. The number of aryl methyl sites for hydroxylation is 2. The standard InChI is InChI=1S/C13H18N4O/c1(5-16-7-3-14-11-16)6-17-8-4-15-13(17)12-2-9-18-10-12/h3-4,7-8,11-12H,1-2,5-6,9-10H2. The van der Waals surface area contributed by atoms with Gasteiger partial charge < -0.3 is 13.9 Å². The Hall–Kier alpha value is -1.62. The molecule has 3 heterocycles. The summed E-state index contributed by atoms with van der Waals surface area (Å²) >= 11 is 0. The Labute approximate surface area is 106 Å². The first-order chi connectivity index (χ1) is 8.93. The molecule has 96 valence electrons. The van der Waals surface area contributed by atoms with E-state index in [1.807, 2.05) is 24.9 Å². The SMILES string of the molecule is c1cn(CCCn2ccnc2C2CCOC2)cn1. The van der Waals surface area contributed by atoms with E-state index < -0.39 is 0 Å². The molecule has 0 amide bonds. The molecular formula is C13H18N4O. The van der Waals surface area contributed by atoms with Crippen LogP contribution in [0.5, 0.6) is 0 Å². The summed E-state index contributed by atoms with van der Waals surface area (Å²) in [6.07, 6.45) is 11.8. The second-order valence-electron chi connectivity index (χ2n) is 4.69. The molecule has 1 aliphatic heterocycles. The van der Waals surface area contributed by atoms with Gasteiger partial charge in [-0.2, -0.15) is 0 Å². The van der Waals surface area contributed by atoms with Gasteiger partial charge in [-0.1, -0.05) is 0 Å². The molecule has 1 fully saturated rings. The summed E-state index contributed by atoms with van der Waals surface area (Å²) in [6.45, 7) is 3.69. The van der Waals surface area contributed by atoms with Gasteiger partial charge >= 0.3 is 0 Å². The van der Waals surface area contributed by atoms with Crippen LogP contribution in [-0.2, 0) is 17.8 Å². The maximum Gasteiger partial charge on any atom is 0.114 e. The van der Waals surface area contributed by atoms with E-state index in [-0.39, 0.29) is 0 Å². The fourth-order valence-corrected chi connectivity index (χ4v) is 2.45. The highest BCUT2D eigenvalue weighted by molar-refractivity contribution is 5.02. The lowest BCUT2D eigenvalue weighted by Gasteiger charge is -2.11. The van der Waals surface area contributed by atoms with E-state index in [0.29, 0.717) is 5.92 Å². The average Bonchev–Trinajstić information content (AvgIpc) is 3.12. The van der Waals surface area contributed by atoms with Crippen LogP contribution in [0.25, 0.3) is 0 Å². The summed E-state index contributed by atoms with van der Waals surface area (Å²) in [4.78, 5) is 8.52. The van der Waals surface area contributed by atoms with Crippen molar-refractivity contribution < 1.29 is 4.74 Å². The minimum atomic E-state index is 0.480. The highest BCUT2D eigenvalue weighted by Gasteiger charge is 2.21. The largest absolute Gasteiger partial charge is 0.381 e. The first-order valence-corrected chi connectivity index (χ1v) is 6.48. The number of imidazole rings is 2. The van der Waals surface area contributed by atoms with E-state index in [0.717, 1.165) is 39.1 Å². The molecule has 1 unspecified atom stereocenters. The topological polar surface area (TPSA) is 44.9 Å². The predicted molar refractivity (Wildman–Crippen MR) is 67.2 cm³/mol. The number of nitrogens with zero attached hydrogens (tertiary/aromatic N) is 4. The van der Waals surface area contributed by atoms with Crippen molar-refractivity contribution in [3.8, 4) is 0 Å². The summed E-state index contributed by atoms with van der Waals surface area (Å²) in [5.74, 6) is 1.66. The van der Waals surface area contributed by atoms with E-state index in [1.54, 1.807) is 0 Å². The molecule has 0 saturated carbocycles. The van der Waals surface area contributed by atoms with Gasteiger partial charge in [0.25, 0.3) is 0 Å². The maximum absolute atomic E-state index is 5.43. The fourth-order valence-electron chi connectivity index (χ4n) is 2.45. The highest BCUT2D eigenvalue weighted by Crippen LogP contribution is 2.23. The van der Waals surface area contributed by atoms with Gasteiger partial charge in [0, 0.05) is 50.4 Å². The number of rotatable bonds is 5. The number of ether oxygens (including phenoxy) is 1. The lowest BCUT2D eigenvalue weighted by atomic mass is 10.1. The van der Waals surface area contributed by atoms with Gasteiger partial charge in [-0.15, -0.1) is 0 Å². The summed E-state index contributed by atoms with van der Waals surface area (Å²) < 4.78 is 9.80. The molecular weight excluding hydrogens is 228 g/mol. The van der Waals surface area contributed by atoms with Crippen molar-refractivity contribution >= 4 is 0 Å². The third-order valence-corrected chi connectivity index (χ3v) is 3.42. The lowest BCUT2D eigenvalue weighted by Crippen LogP contribution is -2.10. The third-order valence-electron chi connectivity index (χ3n) is 3.42. The summed E-state index contributed by atoms with van der Waals surface area (Å²) in [6, 6.07) is 0. The van der Waals surface area contributed by atoms with Crippen molar-refractivity contribution in [2.45, 2.75) is 31.8 Å². The van der Waals surface area contributed by atoms with Crippen molar-refractivity contribution in [1.29, 1.82) is 0 Å². The third kappa shape index (κ3) is 2.46. The predicted octanol–water partition coefficient (Wildman–Crippen LogP) is 1.67. The summed E-state index contributed by atoms with van der Waals surface area (Å²) in [5, 5.41) is 0. The van der Waals surface area contributed by atoms with Crippen LogP contribution >= 0.6 is 0 Å². The van der Waals surface area contributed by atoms with Gasteiger partial charge in [-0.05, 0) is 12.8 Å². The molecule has 2 aromatic rings. The Morgan fingerprint density at radius 1 is 1.28 bits per heavy atom. The zero-order valence-corrected chi connectivity index (χ0v) is 10.4. The lowest BCUT2D eigenvalue weighted by molar-refractivity contribution is 0.192. The number of aromatic nitrogens is 4. The molecule has 0 bridgehead atoms. The van der Waals surface area contributed by atoms with E-state index in [1.165, 1.54) is 5.82 Å². The molecule has 18 heavy (non-hydrogen) atoms. The summed E-state index contributed by atoms with van der Waals surface area (Å²) in [5.41, 5.74) is 0. The maximum atomic E-state index is 5.43. The minimum absolute atomic E-state index is 0.480. The van der Waals surface area contributed by atoms with E-state index in [4.69, 9.17) is 4.74 Å². The molecule has 0 spiro atoms. The van der Waals surface area contributed by atoms with Gasteiger partial charge in [-0.3, -0.25) is 0 Å². The Kier molecular flexibility index (Phi) is 3.41. The van der Waals surface area contributed by atoms with Gasteiger partial charge in [0.2, 0.25) is 0 Å². The Bertz CT molecular complexity index is 471. The van der Waals surface area contributed by atoms with Crippen molar-refractivity contribution in [2.24, 2.45) is 0 Å². The average molecular weight is 246 g/mol. The minimum Gasteiger partial charge on any atom is -0.381 e. The normalized spacial score (nSPS) is 19.4. The number of hydrogen-bond donors (Lipinski definition) is 0. The monoisotopic (exact) mass is 246 g/mol. The molecule has 1 saturated heterocycles. The molecule has 1 atom stereocenters. The molecule has 5 nitrogen and oxygen atoms in total. The van der Waals surface area contributed by atoms with Crippen molar-refractivity contribution in [2.75, 3.05) is 13.2 Å². The first kappa shape index (κ1) is 11.5. The zero-order chi connectivity index (χ0) is 12.2. The van der Waals surface area contributed by atoms with Gasteiger partial charge in [0.05, 0.1) is 12.9 Å². The van der Waals surface area contributed by atoms with Crippen LogP contribution in [0.2, 0.25) is 0 Å². The molecule has 2 aromatic heterocycles. The molecule has 1 aliphatic rings. The van der Waals surface area contributed by atoms with Crippen LogP contribution < -0.4 is 0 Å². The van der Waals surface area contributed by atoms with Crippen LogP contribution in [-0.4, -0.2) is 32.3 Å². The first-order valence-electron chi connectivity index (χ1n) is 6.48. The molecule has 0 aromatic carbocycles. The van der Waals surface area contributed by atoms with E-state index in [9.17, 15) is 0 Å². The van der Waals surface area contributed by atoms with Crippen molar-refractivity contribution in [3.05, 3.63) is 36.9 Å². The summed E-state index contributed by atoms with van der Waals surface area (Å²) in [7, 11) is 0. The second-order valence-corrected chi connectivity index (χ2v) is 4.69. The molecule has 0 N–H and O–H groups in total. The molecule has 5 heteroatoms. The van der Waals surface area contributed by atoms with Crippen LogP contribution in [0.4, 0.5) is 0 Å². The Balaban J connectivity index is 1.57. The number of hydrogen-bond acceptors (Lipinski definition) is 3. The van der Waals surface area contributed by atoms with Crippen LogP contribution in [0.1, 0.15) is 24.6 Å². The van der Waals surface area contributed by atoms with Crippen molar-refractivity contribution in [3.63, 3.8) is 0 Å². The second kappa shape index (κ2) is 5.35. The van der Waals surface area contributed by atoms with E-state index in [2.05, 4.69) is 25.3 Å². The Morgan fingerprint density at radius 2 is 2.28 bits per heavy atom. The molecule has 0 radical (unpaired) electrons. The molecule has 3 rings (SSSR count). The van der Waals surface area contributed by atoms with Gasteiger partial charge in [-0.25, -0.2) is 9.97 Å². The fraction of sp³-hybridized carbons (Fsp3) is 0.538. The Morgan fingerprint density at radius 3 is 3.06 bits per heavy atom. The van der Waals surface area contributed by atoms with E-state index >= 15 is 0 Å². The van der Waals surface area contributed by atoms with Crippen molar-refractivity contribution in [1.82, 2.24) is 19.1 Å². The highest BCUT2D eigenvalue weighted by atomic mass is 16.5. The quantitative estimate of drug-likeness (QED) is 0.806. The smallest absolute Gasteiger partial charge is 0.114 e. The van der Waals surface area contributed by atoms with Gasteiger partial charge in [0.1, 0.15) is 5.82 Å². The molecule has 0 aliphatic carbocycles. The van der Waals surface area contributed by atoms with Crippen LogP contribution in [0, 0.1) is 0 Å². The van der Waals surface area contributed by atoms with Crippen LogP contribution in [0.15, 0.2) is 31.1 Å². The van der Waals surface area contributed by atoms with Gasteiger partial charge in [0.15, 0.2) is 0 Å². The van der Waals surface area contributed by atoms with Crippen LogP contribution in [0.3, 0.4) is 0 Å².